The summed E-state index contributed by atoms with van der Waals surface area (Å²) in [6.45, 7) is 1.01. The summed E-state index contributed by atoms with van der Waals surface area (Å²) < 4.78 is 25.5. The minimum atomic E-state index is -2.56. The highest BCUT2D eigenvalue weighted by Crippen LogP contribution is 2.39. The van der Waals surface area contributed by atoms with Crippen LogP contribution in [0.25, 0.3) is 0 Å². The Morgan fingerprint density at radius 3 is 2.17 bits per heavy atom. The van der Waals surface area contributed by atoms with Crippen molar-refractivity contribution >= 4 is 17.6 Å². The van der Waals surface area contributed by atoms with Crippen molar-refractivity contribution in [1.29, 1.82) is 0 Å². The Morgan fingerprint density at radius 2 is 1.67 bits per heavy atom. The van der Waals surface area contributed by atoms with E-state index in [1.54, 1.807) is 0 Å². The first-order valence-electron chi connectivity index (χ1n) is 6.99. The van der Waals surface area contributed by atoms with Gasteiger partial charge < -0.3 is 33.9 Å². The van der Waals surface area contributed by atoms with Crippen LogP contribution in [0.2, 0.25) is 5.02 Å². The highest BCUT2D eigenvalue weighted by molar-refractivity contribution is 6.32. The number of rotatable bonds is 11. The zero-order chi connectivity index (χ0) is 18.2. The molecular formula is C15H21ClO8. The first-order valence-corrected chi connectivity index (χ1v) is 7.36. The third-order valence-electron chi connectivity index (χ3n) is 3.06. The van der Waals surface area contributed by atoms with Crippen LogP contribution in [0.5, 0.6) is 11.5 Å². The van der Waals surface area contributed by atoms with Gasteiger partial charge in [-0.1, -0.05) is 11.6 Å². The molecule has 1 atom stereocenters. The van der Waals surface area contributed by atoms with Gasteiger partial charge in [0.2, 0.25) is 0 Å². The number of carbonyl (C=O) groups is 1. The fraction of sp³-hybridized carbons (Fsp3) is 0.533. The summed E-state index contributed by atoms with van der Waals surface area (Å²) in [6.07, 6.45) is 0. The summed E-state index contributed by atoms with van der Waals surface area (Å²) >= 11 is 6.16. The number of carboxylic acids is 1. The molecule has 0 aliphatic heterocycles. The van der Waals surface area contributed by atoms with Gasteiger partial charge in [-0.3, -0.25) is 0 Å². The van der Waals surface area contributed by atoms with Gasteiger partial charge in [0.05, 0.1) is 18.2 Å². The topological polar surface area (TPSA) is 104 Å². The summed E-state index contributed by atoms with van der Waals surface area (Å²) in [5.41, 5.74) is -0.103. The predicted molar refractivity (Wildman–Crippen MR) is 84.7 cm³/mol. The molecule has 24 heavy (non-hydrogen) atoms. The number of aliphatic carboxylic acids is 1. The third-order valence-corrected chi connectivity index (χ3v) is 3.35. The normalized spacial score (nSPS) is 13.4. The van der Waals surface area contributed by atoms with Gasteiger partial charge in [0.15, 0.2) is 11.5 Å². The number of aliphatic hydroxyl groups is 1. The molecule has 0 aromatic heterocycles. The van der Waals surface area contributed by atoms with Crippen LogP contribution in [0.4, 0.5) is 0 Å². The van der Waals surface area contributed by atoms with Crippen molar-refractivity contribution in [2.45, 2.75) is 5.79 Å². The lowest BCUT2D eigenvalue weighted by atomic mass is 10.1. The molecule has 0 bridgehead atoms. The van der Waals surface area contributed by atoms with E-state index < -0.39 is 11.8 Å². The number of halogens is 1. The molecule has 0 fully saturated rings. The Labute approximate surface area is 144 Å². The molecule has 0 saturated carbocycles. The smallest absolute Gasteiger partial charge is 0.369 e. The minimum Gasteiger partial charge on any atom is -0.487 e. The number of ether oxygens (including phenoxy) is 5. The molecule has 0 aliphatic rings. The van der Waals surface area contributed by atoms with E-state index in [1.165, 1.54) is 26.4 Å². The number of hydrogen-bond acceptors (Lipinski definition) is 7. The van der Waals surface area contributed by atoms with Crippen molar-refractivity contribution in [1.82, 2.24) is 0 Å². The maximum atomic E-state index is 11.3. The van der Waals surface area contributed by atoms with Crippen LogP contribution in [0, 0.1) is 0 Å². The monoisotopic (exact) mass is 364 g/mol. The van der Waals surface area contributed by atoms with E-state index in [0.29, 0.717) is 13.2 Å². The highest BCUT2D eigenvalue weighted by Gasteiger charge is 2.40. The molecule has 0 saturated heterocycles. The summed E-state index contributed by atoms with van der Waals surface area (Å²) in [5.74, 6) is -3.79. The molecule has 2 N–H and O–H groups in total. The van der Waals surface area contributed by atoms with Crippen LogP contribution in [-0.2, 0) is 24.8 Å². The van der Waals surface area contributed by atoms with Gasteiger partial charge in [0.1, 0.15) is 13.2 Å². The van der Waals surface area contributed by atoms with E-state index in [2.05, 4.69) is 0 Å². The molecule has 1 aromatic rings. The van der Waals surface area contributed by atoms with E-state index in [1.807, 2.05) is 0 Å². The second-order valence-corrected chi connectivity index (χ2v) is 5.03. The number of hydrogen-bond donors (Lipinski definition) is 2. The number of methoxy groups -OCH3 is 3. The molecule has 0 amide bonds. The Hall–Kier alpha value is -1.58. The zero-order valence-electron chi connectivity index (χ0n) is 13.7. The maximum absolute atomic E-state index is 11.3. The lowest BCUT2D eigenvalue weighted by molar-refractivity contribution is -0.219. The molecule has 136 valence electrons. The van der Waals surface area contributed by atoms with Crippen LogP contribution in [0.3, 0.4) is 0 Å². The SMILES string of the molecule is COCCOc1cc(C(O)(OC)C(=O)O)cc(Cl)c1OCCOC. The molecule has 0 spiro atoms. The van der Waals surface area contributed by atoms with Gasteiger partial charge in [-0.25, -0.2) is 4.79 Å². The largest absolute Gasteiger partial charge is 0.487 e. The fourth-order valence-corrected chi connectivity index (χ4v) is 2.07. The Balaban J connectivity index is 3.23. The van der Waals surface area contributed by atoms with E-state index >= 15 is 0 Å². The van der Waals surface area contributed by atoms with Crippen molar-refractivity contribution in [3.8, 4) is 11.5 Å². The lowest BCUT2D eigenvalue weighted by Gasteiger charge is -2.24. The third kappa shape index (κ3) is 4.96. The summed E-state index contributed by atoms with van der Waals surface area (Å²) in [6, 6.07) is 2.53. The molecule has 0 radical (unpaired) electrons. The van der Waals surface area contributed by atoms with Crippen LogP contribution in [0.1, 0.15) is 5.56 Å². The minimum absolute atomic E-state index is 0.0627. The standard InChI is InChI=1S/C15H21ClO8/c1-20-4-6-23-12-9-10(15(19,22-3)14(17)18)8-11(16)13(12)24-7-5-21-2/h8-9,19H,4-7H2,1-3H3,(H,17,18). The second-order valence-electron chi connectivity index (χ2n) is 4.62. The highest BCUT2D eigenvalue weighted by atomic mass is 35.5. The summed E-state index contributed by atoms with van der Waals surface area (Å²) in [7, 11) is 4.10. The van der Waals surface area contributed by atoms with Gasteiger partial charge in [-0.2, -0.15) is 0 Å². The van der Waals surface area contributed by atoms with Crippen LogP contribution in [0.15, 0.2) is 12.1 Å². The first kappa shape index (κ1) is 20.5. The van der Waals surface area contributed by atoms with Crippen molar-refractivity contribution in [2.75, 3.05) is 47.8 Å². The van der Waals surface area contributed by atoms with Crippen LogP contribution >= 0.6 is 11.6 Å². The molecule has 1 aromatic carbocycles. The van der Waals surface area contributed by atoms with Gasteiger partial charge in [-0.05, 0) is 12.1 Å². The van der Waals surface area contributed by atoms with Gasteiger partial charge in [0, 0.05) is 26.9 Å². The average molecular weight is 365 g/mol. The van der Waals surface area contributed by atoms with Crippen molar-refractivity contribution < 1.29 is 38.7 Å². The van der Waals surface area contributed by atoms with Crippen LogP contribution in [-0.4, -0.2) is 63.9 Å². The van der Waals surface area contributed by atoms with Crippen molar-refractivity contribution in [3.63, 3.8) is 0 Å². The van der Waals surface area contributed by atoms with Crippen molar-refractivity contribution in [3.05, 3.63) is 22.7 Å². The van der Waals surface area contributed by atoms with E-state index in [0.717, 1.165) is 7.11 Å². The zero-order valence-corrected chi connectivity index (χ0v) is 14.5. The Kier molecular flexibility index (Phi) is 8.23. The average Bonchev–Trinajstić information content (AvgIpc) is 2.56. The second kappa shape index (κ2) is 9.65. The van der Waals surface area contributed by atoms with E-state index in [-0.39, 0.29) is 35.3 Å². The van der Waals surface area contributed by atoms with E-state index in [4.69, 9.17) is 35.3 Å². The molecular weight excluding hydrogens is 344 g/mol. The van der Waals surface area contributed by atoms with Gasteiger partial charge in [0.25, 0.3) is 5.79 Å². The molecule has 0 aliphatic carbocycles. The van der Waals surface area contributed by atoms with E-state index in [9.17, 15) is 15.0 Å². The first-order chi connectivity index (χ1) is 11.4. The molecule has 0 heterocycles. The van der Waals surface area contributed by atoms with Crippen LogP contribution < -0.4 is 9.47 Å². The maximum Gasteiger partial charge on any atom is 0.369 e. The molecule has 8 nitrogen and oxygen atoms in total. The van der Waals surface area contributed by atoms with Crippen molar-refractivity contribution in [2.24, 2.45) is 0 Å². The molecule has 9 heteroatoms. The Morgan fingerprint density at radius 1 is 1.08 bits per heavy atom. The predicted octanol–water partition coefficient (Wildman–Crippen LogP) is 1.27. The Bertz CT molecular complexity index is 551. The quantitative estimate of drug-likeness (QED) is 0.447. The molecule has 1 rings (SSSR count). The number of carboxylic acid groups (broad SMARTS) is 1. The van der Waals surface area contributed by atoms with Gasteiger partial charge in [-0.15, -0.1) is 0 Å². The number of benzene rings is 1. The van der Waals surface area contributed by atoms with Gasteiger partial charge >= 0.3 is 5.97 Å². The molecule has 1 unspecified atom stereocenters. The fourth-order valence-electron chi connectivity index (χ4n) is 1.80. The summed E-state index contributed by atoms with van der Waals surface area (Å²) in [5, 5.41) is 19.4. The lowest BCUT2D eigenvalue weighted by Crippen LogP contribution is -2.37. The summed E-state index contributed by atoms with van der Waals surface area (Å²) in [4.78, 5) is 11.3.